The van der Waals surface area contributed by atoms with Gasteiger partial charge in [-0.25, -0.2) is 0 Å². The summed E-state index contributed by atoms with van der Waals surface area (Å²) in [4.78, 5) is 0. The van der Waals surface area contributed by atoms with E-state index in [2.05, 4.69) is 58.9 Å². The molecular formula is C28H44O2. The Bertz CT molecular complexity index is 639. The van der Waals surface area contributed by atoms with Gasteiger partial charge in [0.25, 0.3) is 0 Å². The zero-order chi connectivity index (χ0) is 21.3. The van der Waals surface area contributed by atoms with Gasteiger partial charge in [0.1, 0.15) is 5.75 Å². The van der Waals surface area contributed by atoms with Gasteiger partial charge in [0, 0.05) is 13.0 Å². The zero-order valence-electron chi connectivity index (χ0n) is 20.0. The highest BCUT2D eigenvalue weighted by molar-refractivity contribution is 5.30. The van der Waals surface area contributed by atoms with Crippen LogP contribution in [0, 0.1) is 35.0 Å². The molecular weight excluding hydrogens is 368 g/mol. The van der Waals surface area contributed by atoms with E-state index in [9.17, 15) is 0 Å². The molecule has 2 nitrogen and oxygen atoms in total. The lowest BCUT2D eigenvalue weighted by molar-refractivity contribution is -0.140. The number of hydrogen-bond donors (Lipinski definition) is 0. The van der Waals surface area contributed by atoms with Gasteiger partial charge in [-0.3, -0.25) is 0 Å². The van der Waals surface area contributed by atoms with Crippen molar-refractivity contribution in [2.45, 2.75) is 98.2 Å². The third-order valence-electron chi connectivity index (χ3n) is 8.22. The van der Waals surface area contributed by atoms with E-state index in [1.54, 1.807) is 0 Å². The van der Waals surface area contributed by atoms with Crippen LogP contribution in [0.3, 0.4) is 0 Å². The molecule has 0 amide bonds. The van der Waals surface area contributed by atoms with Crippen LogP contribution in [0.25, 0.3) is 0 Å². The van der Waals surface area contributed by atoms with Gasteiger partial charge in [-0.05, 0) is 110 Å². The summed E-state index contributed by atoms with van der Waals surface area (Å²) in [5, 5.41) is 0. The van der Waals surface area contributed by atoms with Gasteiger partial charge < -0.3 is 9.47 Å². The Balaban J connectivity index is 1.42. The molecule has 4 fully saturated rings. The lowest BCUT2D eigenvalue weighted by Crippen LogP contribution is -2.48. The summed E-state index contributed by atoms with van der Waals surface area (Å²) in [5.41, 5.74) is 1.93. The van der Waals surface area contributed by atoms with Crippen LogP contribution < -0.4 is 4.74 Å². The van der Waals surface area contributed by atoms with Crippen molar-refractivity contribution in [2.75, 3.05) is 6.61 Å². The van der Waals surface area contributed by atoms with Crippen molar-refractivity contribution < 1.29 is 9.47 Å². The molecule has 168 valence electrons. The molecule has 4 bridgehead atoms. The van der Waals surface area contributed by atoms with Crippen LogP contribution in [-0.4, -0.2) is 12.9 Å². The molecule has 1 aromatic rings. The summed E-state index contributed by atoms with van der Waals surface area (Å²) in [6.45, 7) is 12.1. The maximum atomic E-state index is 6.45. The first kappa shape index (κ1) is 22.2. The fourth-order valence-corrected chi connectivity index (χ4v) is 7.46. The van der Waals surface area contributed by atoms with Crippen LogP contribution in [-0.2, 0) is 4.74 Å². The van der Waals surface area contributed by atoms with Crippen LogP contribution >= 0.6 is 0 Å². The minimum absolute atomic E-state index is 0.103. The fourth-order valence-electron chi connectivity index (χ4n) is 7.46. The van der Waals surface area contributed by atoms with Gasteiger partial charge >= 0.3 is 0 Å². The predicted octanol–water partition coefficient (Wildman–Crippen LogP) is 7.82. The van der Waals surface area contributed by atoms with Crippen LogP contribution in [0.4, 0.5) is 0 Å². The summed E-state index contributed by atoms with van der Waals surface area (Å²) in [6, 6.07) is 8.93. The average molecular weight is 413 g/mol. The minimum Gasteiger partial charge on any atom is -0.465 e. The average Bonchev–Trinajstić information content (AvgIpc) is 2.65. The van der Waals surface area contributed by atoms with Gasteiger partial charge in [0.2, 0.25) is 0 Å². The second-order valence-corrected chi connectivity index (χ2v) is 11.7. The van der Waals surface area contributed by atoms with Crippen molar-refractivity contribution in [3.8, 4) is 5.75 Å². The van der Waals surface area contributed by atoms with Gasteiger partial charge in [-0.2, -0.15) is 0 Å². The van der Waals surface area contributed by atoms with Crippen LogP contribution in [0.5, 0.6) is 5.75 Å². The van der Waals surface area contributed by atoms with Gasteiger partial charge in [0.05, 0.1) is 0 Å². The Morgan fingerprint density at radius 1 is 0.900 bits per heavy atom. The number of hydrogen-bond acceptors (Lipinski definition) is 2. The van der Waals surface area contributed by atoms with Crippen molar-refractivity contribution in [1.29, 1.82) is 0 Å². The molecule has 2 heteroatoms. The Kier molecular flexibility index (Phi) is 6.82. The molecule has 30 heavy (non-hydrogen) atoms. The minimum atomic E-state index is -0.103. The molecule has 2 atom stereocenters. The first-order chi connectivity index (χ1) is 14.4. The Labute approximate surface area is 185 Å². The summed E-state index contributed by atoms with van der Waals surface area (Å²) < 4.78 is 12.6. The van der Waals surface area contributed by atoms with Crippen LogP contribution in [0.1, 0.15) is 97.5 Å². The number of ether oxygens (including phenoxy) is 2. The van der Waals surface area contributed by atoms with Crippen molar-refractivity contribution in [1.82, 2.24) is 0 Å². The van der Waals surface area contributed by atoms with E-state index in [0.717, 1.165) is 42.4 Å². The third kappa shape index (κ3) is 5.06. The molecule has 5 rings (SSSR count). The van der Waals surface area contributed by atoms with Crippen molar-refractivity contribution in [2.24, 2.45) is 35.0 Å². The molecule has 4 aliphatic rings. The standard InChI is InChI=1S/C28H44O2/c1-6-29-27(18-28-15-21-12-22(16-28)14-23(13-21)17-28)30-25-9-7-24(8-10-25)26(20(4)5)11-19(2)3/h7-10,19-23,26-27H,6,11-18H2,1-5H3. The Morgan fingerprint density at radius 2 is 1.47 bits per heavy atom. The van der Waals surface area contributed by atoms with E-state index in [1.165, 1.54) is 50.5 Å². The number of benzene rings is 1. The summed E-state index contributed by atoms with van der Waals surface area (Å²) >= 11 is 0. The molecule has 0 radical (unpaired) electrons. The van der Waals surface area contributed by atoms with E-state index in [4.69, 9.17) is 9.47 Å². The normalized spacial score (nSPS) is 32.0. The van der Waals surface area contributed by atoms with Crippen LogP contribution in [0.2, 0.25) is 0 Å². The van der Waals surface area contributed by atoms with E-state index < -0.39 is 0 Å². The highest BCUT2D eigenvalue weighted by atomic mass is 16.7. The van der Waals surface area contributed by atoms with Crippen molar-refractivity contribution in [3.05, 3.63) is 29.8 Å². The van der Waals surface area contributed by atoms with Crippen molar-refractivity contribution >= 4 is 0 Å². The highest BCUT2D eigenvalue weighted by Gasteiger charge is 2.51. The molecule has 1 aromatic carbocycles. The summed E-state index contributed by atoms with van der Waals surface area (Å²) in [7, 11) is 0. The second kappa shape index (κ2) is 9.23. The van der Waals surface area contributed by atoms with E-state index in [0.29, 0.717) is 17.3 Å². The smallest absolute Gasteiger partial charge is 0.200 e. The first-order valence-corrected chi connectivity index (χ1v) is 12.7. The lowest BCUT2D eigenvalue weighted by atomic mass is 9.49. The van der Waals surface area contributed by atoms with Gasteiger partial charge in [0.15, 0.2) is 6.29 Å². The second-order valence-electron chi connectivity index (χ2n) is 11.7. The molecule has 0 heterocycles. The van der Waals surface area contributed by atoms with Gasteiger partial charge in [-0.15, -0.1) is 0 Å². The lowest BCUT2D eigenvalue weighted by Gasteiger charge is -2.57. The molecule has 0 N–H and O–H groups in total. The molecule has 4 saturated carbocycles. The Hall–Kier alpha value is -1.02. The molecule has 2 unspecified atom stereocenters. The molecule has 0 aromatic heterocycles. The largest absolute Gasteiger partial charge is 0.465 e. The third-order valence-corrected chi connectivity index (χ3v) is 8.22. The monoisotopic (exact) mass is 412 g/mol. The summed E-state index contributed by atoms with van der Waals surface area (Å²) in [6.07, 6.45) is 10.9. The topological polar surface area (TPSA) is 18.5 Å². The van der Waals surface area contributed by atoms with Crippen molar-refractivity contribution in [3.63, 3.8) is 0 Å². The highest BCUT2D eigenvalue weighted by Crippen LogP contribution is 2.61. The predicted molar refractivity (Wildman–Crippen MR) is 125 cm³/mol. The molecule has 0 aliphatic heterocycles. The van der Waals surface area contributed by atoms with Crippen LogP contribution in [0.15, 0.2) is 24.3 Å². The maximum absolute atomic E-state index is 6.45. The molecule has 0 spiro atoms. The zero-order valence-corrected chi connectivity index (χ0v) is 20.0. The summed E-state index contributed by atoms with van der Waals surface area (Å²) in [5.74, 6) is 5.90. The SMILES string of the molecule is CCOC(CC12CC3CC(CC(C3)C1)C2)Oc1ccc(C(CC(C)C)C(C)C)cc1. The molecule has 0 saturated heterocycles. The van der Waals surface area contributed by atoms with E-state index in [1.807, 2.05) is 0 Å². The Morgan fingerprint density at radius 3 is 1.93 bits per heavy atom. The van der Waals surface area contributed by atoms with E-state index in [-0.39, 0.29) is 6.29 Å². The molecule has 4 aliphatic carbocycles. The quantitative estimate of drug-likeness (QED) is 0.365. The van der Waals surface area contributed by atoms with E-state index >= 15 is 0 Å². The first-order valence-electron chi connectivity index (χ1n) is 12.7. The number of rotatable bonds is 10. The fraction of sp³-hybridized carbons (Fsp3) is 0.786. The van der Waals surface area contributed by atoms with Gasteiger partial charge in [-0.1, -0.05) is 39.8 Å². The maximum Gasteiger partial charge on any atom is 0.200 e.